The van der Waals surface area contributed by atoms with E-state index in [9.17, 15) is 30.8 Å². The standard InChI is InChI=1S/C17H16F4N2O3S/c1-11(23(27(2,25)26)13-9-7-12(18)8-10-13)16(24)22-15-6-4-3-5-14(15)17(19,20)21/h3-11H,1-2H3,(H,22,24)/t11-/m0/s1. The van der Waals surface area contributed by atoms with Gasteiger partial charge in [-0.25, -0.2) is 12.8 Å². The predicted octanol–water partition coefficient (Wildman–Crippen LogP) is 3.64. The monoisotopic (exact) mass is 404 g/mol. The number of anilines is 2. The number of amides is 1. The molecule has 0 aliphatic carbocycles. The summed E-state index contributed by atoms with van der Waals surface area (Å²) >= 11 is 0. The van der Waals surface area contributed by atoms with Gasteiger partial charge in [-0.15, -0.1) is 0 Å². The Morgan fingerprint density at radius 2 is 1.63 bits per heavy atom. The van der Waals surface area contributed by atoms with Crippen molar-refractivity contribution in [2.24, 2.45) is 0 Å². The first-order valence-electron chi connectivity index (χ1n) is 7.63. The van der Waals surface area contributed by atoms with E-state index in [0.29, 0.717) is 4.31 Å². The molecule has 0 unspecified atom stereocenters. The van der Waals surface area contributed by atoms with Gasteiger partial charge < -0.3 is 5.32 Å². The average molecular weight is 404 g/mol. The zero-order valence-electron chi connectivity index (χ0n) is 14.3. The Morgan fingerprint density at radius 3 is 2.15 bits per heavy atom. The third kappa shape index (κ3) is 4.97. The lowest BCUT2D eigenvalue weighted by Crippen LogP contribution is -2.45. The molecular formula is C17H16F4N2O3S. The molecule has 27 heavy (non-hydrogen) atoms. The van der Waals surface area contributed by atoms with Gasteiger partial charge in [-0.3, -0.25) is 9.10 Å². The molecule has 0 aliphatic rings. The van der Waals surface area contributed by atoms with E-state index < -0.39 is 45.2 Å². The summed E-state index contributed by atoms with van der Waals surface area (Å²) in [5.74, 6) is -1.58. The molecule has 1 atom stereocenters. The van der Waals surface area contributed by atoms with Crippen molar-refractivity contribution in [2.45, 2.75) is 19.1 Å². The van der Waals surface area contributed by atoms with Crippen LogP contribution in [-0.2, 0) is 21.0 Å². The first-order valence-corrected chi connectivity index (χ1v) is 9.48. The topological polar surface area (TPSA) is 66.5 Å². The van der Waals surface area contributed by atoms with Gasteiger partial charge in [0, 0.05) is 0 Å². The molecule has 0 radical (unpaired) electrons. The third-order valence-electron chi connectivity index (χ3n) is 3.66. The molecule has 146 valence electrons. The van der Waals surface area contributed by atoms with E-state index in [1.807, 2.05) is 0 Å². The maximum absolute atomic E-state index is 13.1. The highest BCUT2D eigenvalue weighted by Crippen LogP contribution is 2.34. The van der Waals surface area contributed by atoms with Gasteiger partial charge in [-0.05, 0) is 43.3 Å². The van der Waals surface area contributed by atoms with E-state index in [1.165, 1.54) is 19.1 Å². The molecule has 2 rings (SSSR count). The van der Waals surface area contributed by atoms with Crippen LogP contribution in [0.4, 0.5) is 28.9 Å². The molecule has 0 saturated heterocycles. The smallest absolute Gasteiger partial charge is 0.324 e. The Hall–Kier alpha value is -2.62. The molecule has 0 bridgehead atoms. The number of benzene rings is 2. The lowest BCUT2D eigenvalue weighted by molar-refractivity contribution is -0.137. The molecule has 1 amide bonds. The fourth-order valence-corrected chi connectivity index (χ4v) is 3.65. The summed E-state index contributed by atoms with van der Waals surface area (Å²) < 4.78 is 77.2. The summed E-state index contributed by atoms with van der Waals surface area (Å²) in [6.07, 6.45) is -3.86. The number of rotatable bonds is 5. The van der Waals surface area contributed by atoms with Crippen molar-refractivity contribution in [3.8, 4) is 0 Å². The molecule has 0 saturated carbocycles. The minimum atomic E-state index is -4.69. The highest BCUT2D eigenvalue weighted by molar-refractivity contribution is 7.92. The second kappa shape index (κ2) is 7.55. The minimum absolute atomic E-state index is 0.00524. The Morgan fingerprint density at radius 1 is 1.07 bits per heavy atom. The number of hydrogen-bond acceptors (Lipinski definition) is 3. The van der Waals surface area contributed by atoms with Gasteiger partial charge in [0.25, 0.3) is 0 Å². The quantitative estimate of drug-likeness (QED) is 0.774. The number of hydrogen-bond donors (Lipinski definition) is 1. The van der Waals surface area contributed by atoms with Crippen molar-refractivity contribution < 1.29 is 30.8 Å². The van der Waals surface area contributed by atoms with E-state index >= 15 is 0 Å². The average Bonchev–Trinajstić information content (AvgIpc) is 2.55. The van der Waals surface area contributed by atoms with Crippen LogP contribution < -0.4 is 9.62 Å². The first kappa shape index (κ1) is 20.7. The summed E-state index contributed by atoms with van der Waals surface area (Å²) in [5, 5.41) is 2.11. The molecule has 0 fully saturated rings. The fraction of sp³-hybridized carbons (Fsp3) is 0.235. The lowest BCUT2D eigenvalue weighted by Gasteiger charge is -2.28. The zero-order chi connectivity index (χ0) is 20.4. The molecule has 0 spiro atoms. The number of nitrogens with zero attached hydrogens (tertiary/aromatic N) is 1. The molecule has 10 heteroatoms. The van der Waals surface area contributed by atoms with Crippen LogP contribution >= 0.6 is 0 Å². The summed E-state index contributed by atoms with van der Waals surface area (Å²) in [6.45, 7) is 1.22. The molecule has 2 aromatic rings. The van der Waals surface area contributed by atoms with E-state index in [-0.39, 0.29) is 5.69 Å². The second-order valence-corrected chi connectivity index (χ2v) is 7.60. The Kier molecular flexibility index (Phi) is 5.79. The van der Waals surface area contributed by atoms with Gasteiger partial charge in [0.1, 0.15) is 11.9 Å². The number of carbonyl (C=O) groups is 1. The van der Waals surface area contributed by atoms with E-state index in [0.717, 1.165) is 42.7 Å². The molecule has 1 N–H and O–H groups in total. The highest BCUT2D eigenvalue weighted by atomic mass is 32.2. The molecule has 0 heterocycles. The van der Waals surface area contributed by atoms with Crippen molar-refractivity contribution in [1.82, 2.24) is 0 Å². The molecular weight excluding hydrogens is 388 g/mol. The zero-order valence-corrected chi connectivity index (χ0v) is 15.1. The number of nitrogens with one attached hydrogen (secondary N) is 1. The van der Waals surface area contributed by atoms with E-state index in [2.05, 4.69) is 5.32 Å². The summed E-state index contributed by atoms with van der Waals surface area (Å²) in [4.78, 5) is 12.5. The van der Waals surface area contributed by atoms with Crippen LogP contribution in [-0.4, -0.2) is 26.6 Å². The van der Waals surface area contributed by atoms with Crippen LogP contribution in [0, 0.1) is 5.82 Å². The third-order valence-corrected chi connectivity index (χ3v) is 4.90. The normalized spacial score (nSPS) is 13.1. The van der Waals surface area contributed by atoms with Crippen LogP contribution in [0.2, 0.25) is 0 Å². The number of alkyl halides is 3. The second-order valence-electron chi connectivity index (χ2n) is 5.74. The summed E-state index contributed by atoms with van der Waals surface area (Å²) in [5.41, 5.74) is -1.54. The van der Waals surface area contributed by atoms with Crippen molar-refractivity contribution in [2.75, 3.05) is 15.9 Å². The number of halogens is 4. The van der Waals surface area contributed by atoms with Crippen LogP contribution in [0.25, 0.3) is 0 Å². The van der Waals surface area contributed by atoms with Gasteiger partial charge in [-0.1, -0.05) is 12.1 Å². The van der Waals surface area contributed by atoms with E-state index in [1.54, 1.807) is 0 Å². The Balaban J connectivity index is 2.36. The Labute approximate surface area is 153 Å². The van der Waals surface area contributed by atoms with Crippen molar-refractivity contribution in [1.29, 1.82) is 0 Å². The molecule has 5 nitrogen and oxygen atoms in total. The number of sulfonamides is 1. The highest BCUT2D eigenvalue weighted by Gasteiger charge is 2.35. The summed E-state index contributed by atoms with van der Waals surface area (Å²) in [6, 6.07) is 7.30. The Bertz CT molecular complexity index is 928. The maximum atomic E-state index is 13.1. The van der Waals surface area contributed by atoms with Crippen LogP contribution in [0.1, 0.15) is 12.5 Å². The number of para-hydroxylation sites is 1. The molecule has 0 aliphatic heterocycles. The van der Waals surface area contributed by atoms with Gasteiger partial charge in [0.2, 0.25) is 15.9 Å². The van der Waals surface area contributed by atoms with Crippen LogP contribution in [0.3, 0.4) is 0 Å². The van der Waals surface area contributed by atoms with Gasteiger partial charge in [0.15, 0.2) is 0 Å². The van der Waals surface area contributed by atoms with E-state index in [4.69, 9.17) is 0 Å². The largest absolute Gasteiger partial charge is 0.418 e. The first-order chi connectivity index (χ1) is 12.4. The molecule has 0 aromatic heterocycles. The van der Waals surface area contributed by atoms with Crippen molar-refractivity contribution >= 4 is 27.3 Å². The van der Waals surface area contributed by atoms with Gasteiger partial charge >= 0.3 is 6.18 Å². The lowest BCUT2D eigenvalue weighted by atomic mass is 10.1. The minimum Gasteiger partial charge on any atom is -0.324 e. The van der Waals surface area contributed by atoms with Gasteiger partial charge in [0.05, 0.1) is 23.2 Å². The fourth-order valence-electron chi connectivity index (χ4n) is 2.47. The summed E-state index contributed by atoms with van der Waals surface area (Å²) in [7, 11) is -3.98. The van der Waals surface area contributed by atoms with Crippen LogP contribution in [0.5, 0.6) is 0 Å². The predicted molar refractivity (Wildman–Crippen MR) is 93.3 cm³/mol. The molecule has 2 aromatic carbocycles. The van der Waals surface area contributed by atoms with Gasteiger partial charge in [-0.2, -0.15) is 13.2 Å². The van der Waals surface area contributed by atoms with Crippen LogP contribution in [0.15, 0.2) is 48.5 Å². The maximum Gasteiger partial charge on any atom is 0.418 e. The number of carbonyl (C=O) groups excluding carboxylic acids is 1. The van der Waals surface area contributed by atoms with Crippen molar-refractivity contribution in [3.63, 3.8) is 0 Å². The van der Waals surface area contributed by atoms with Crippen molar-refractivity contribution in [3.05, 3.63) is 59.9 Å². The SMILES string of the molecule is C[C@@H](C(=O)Nc1ccccc1C(F)(F)F)N(c1ccc(F)cc1)S(C)(=O)=O.